The maximum absolute atomic E-state index is 12.8. The molecule has 8 heteroatoms. The van der Waals surface area contributed by atoms with E-state index in [0.29, 0.717) is 30.0 Å². The highest BCUT2D eigenvalue weighted by Gasteiger charge is 2.49. The molecule has 1 atom stereocenters. The third kappa shape index (κ3) is 4.22. The number of imide groups is 1. The minimum atomic E-state index is -1.18. The van der Waals surface area contributed by atoms with E-state index in [1.807, 2.05) is 18.2 Å². The lowest BCUT2D eigenvalue weighted by Gasteiger charge is -2.22. The molecule has 4 amide bonds. The van der Waals surface area contributed by atoms with Crippen molar-refractivity contribution in [3.63, 3.8) is 0 Å². The van der Waals surface area contributed by atoms with Gasteiger partial charge in [0.05, 0.1) is 14.2 Å². The highest BCUT2D eigenvalue weighted by molar-refractivity contribution is 6.09. The molecule has 2 aromatic rings. The van der Waals surface area contributed by atoms with Crippen LogP contribution in [0, 0.1) is 0 Å². The van der Waals surface area contributed by atoms with Crippen molar-refractivity contribution in [3.05, 3.63) is 59.7 Å². The fourth-order valence-electron chi connectivity index (χ4n) is 3.39. The van der Waals surface area contributed by atoms with Gasteiger partial charge < -0.3 is 20.1 Å². The standard InChI is InChI=1S/C22H25N3O5/c1-22(16-7-5-4-6-8-16)20(27)25(21(28)24-22)14-19(26)23-12-11-15-9-10-17(29-2)18(13-15)30-3/h4-10,13H,11-12,14H2,1-3H3,(H,23,26)(H,24,28)/t22-/m0/s1. The van der Waals surface area contributed by atoms with Gasteiger partial charge in [0.1, 0.15) is 12.1 Å². The van der Waals surface area contributed by atoms with Crippen molar-refractivity contribution in [1.29, 1.82) is 0 Å². The zero-order valence-corrected chi connectivity index (χ0v) is 17.2. The number of rotatable bonds is 8. The van der Waals surface area contributed by atoms with E-state index in [2.05, 4.69) is 10.6 Å². The van der Waals surface area contributed by atoms with Crippen LogP contribution in [0.25, 0.3) is 0 Å². The zero-order valence-electron chi connectivity index (χ0n) is 17.2. The second kappa shape index (κ2) is 8.86. The first kappa shape index (κ1) is 21.2. The number of amides is 4. The van der Waals surface area contributed by atoms with Crippen molar-refractivity contribution in [2.24, 2.45) is 0 Å². The number of methoxy groups -OCH3 is 2. The largest absolute Gasteiger partial charge is 0.493 e. The van der Waals surface area contributed by atoms with Crippen molar-refractivity contribution >= 4 is 17.8 Å². The van der Waals surface area contributed by atoms with Gasteiger partial charge >= 0.3 is 6.03 Å². The Morgan fingerprint density at radius 1 is 1.07 bits per heavy atom. The molecule has 30 heavy (non-hydrogen) atoms. The molecule has 8 nitrogen and oxygen atoms in total. The minimum Gasteiger partial charge on any atom is -0.493 e. The molecule has 1 heterocycles. The molecule has 1 fully saturated rings. The van der Waals surface area contributed by atoms with E-state index in [9.17, 15) is 14.4 Å². The summed E-state index contributed by atoms with van der Waals surface area (Å²) in [6.45, 7) is 1.66. The number of benzene rings is 2. The van der Waals surface area contributed by atoms with Crippen LogP contribution in [0.2, 0.25) is 0 Å². The summed E-state index contributed by atoms with van der Waals surface area (Å²) in [4.78, 5) is 38.4. The molecule has 2 N–H and O–H groups in total. The van der Waals surface area contributed by atoms with E-state index < -0.39 is 23.4 Å². The first-order valence-electron chi connectivity index (χ1n) is 9.56. The Bertz CT molecular complexity index is 947. The van der Waals surface area contributed by atoms with E-state index in [1.54, 1.807) is 51.5 Å². The van der Waals surface area contributed by atoms with Gasteiger partial charge in [0.25, 0.3) is 5.91 Å². The molecule has 3 rings (SSSR count). The first-order valence-corrected chi connectivity index (χ1v) is 9.56. The molecule has 1 aliphatic rings. The maximum atomic E-state index is 12.8. The van der Waals surface area contributed by atoms with Crippen LogP contribution in [0.15, 0.2) is 48.5 Å². The van der Waals surface area contributed by atoms with Crippen LogP contribution in [-0.4, -0.2) is 50.1 Å². The number of ether oxygens (including phenoxy) is 2. The smallest absolute Gasteiger partial charge is 0.325 e. The summed E-state index contributed by atoms with van der Waals surface area (Å²) in [6, 6.07) is 13.9. The Morgan fingerprint density at radius 3 is 2.43 bits per heavy atom. The van der Waals surface area contributed by atoms with Crippen LogP contribution in [0.3, 0.4) is 0 Å². The van der Waals surface area contributed by atoms with Crippen LogP contribution in [0.4, 0.5) is 4.79 Å². The molecule has 0 saturated carbocycles. The highest BCUT2D eigenvalue weighted by atomic mass is 16.5. The lowest BCUT2D eigenvalue weighted by molar-refractivity contribution is -0.134. The van der Waals surface area contributed by atoms with E-state index in [1.165, 1.54) is 0 Å². The summed E-state index contributed by atoms with van der Waals surface area (Å²) in [5.41, 5.74) is 0.442. The van der Waals surface area contributed by atoms with Crippen LogP contribution in [0.5, 0.6) is 11.5 Å². The quantitative estimate of drug-likeness (QED) is 0.646. The molecule has 1 saturated heterocycles. The summed E-state index contributed by atoms with van der Waals surface area (Å²) in [5, 5.41) is 5.44. The molecule has 1 aliphatic heterocycles. The van der Waals surface area contributed by atoms with E-state index >= 15 is 0 Å². The summed E-state index contributed by atoms with van der Waals surface area (Å²) in [6.07, 6.45) is 0.563. The molecule has 0 bridgehead atoms. The zero-order chi connectivity index (χ0) is 21.7. The van der Waals surface area contributed by atoms with Crippen molar-refractivity contribution in [3.8, 4) is 11.5 Å². The topological polar surface area (TPSA) is 97.0 Å². The molecule has 0 unspecified atom stereocenters. The molecular weight excluding hydrogens is 386 g/mol. The predicted octanol–water partition coefficient (Wildman–Crippen LogP) is 1.83. The number of carbonyl (C=O) groups excluding carboxylic acids is 3. The molecule has 2 aromatic carbocycles. The number of hydrogen-bond donors (Lipinski definition) is 2. The number of carbonyl (C=O) groups is 3. The lowest BCUT2D eigenvalue weighted by Crippen LogP contribution is -2.43. The van der Waals surface area contributed by atoms with Gasteiger partial charge in [0.2, 0.25) is 5.91 Å². The Hall–Kier alpha value is -3.55. The van der Waals surface area contributed by atoms with Gasteiger partial charge in [-0.2, -0.15) is 0 Å². The Kier molecular flexibility index (Phi) is 6.25. The molecule has 0 radical (unpaired) electrons. The second-order valence-electron chi connectivity index (χ2n) is 7.10. The number of nitrogens with zero attached hydrogens (tertiary/aromatic N) is 1. The van der Waals surface area contributed by atoms with Gasteiger partial charge in [-0.1, -0.05) is 36.4 Å². The van der Waals surface area contributed by atoms with E-state index in [0.717, 1.165) is 10.5 Å². The Morgan fingerprint density at radius 2 is 1.77 bits per heavy atom. The van der Waals surface area contributed by atoms with Gasteiger partial charge in [0.15, 0.2) is 11.5 Å². The number of nitrogens with one attached hydrogen (secondary N) is 2. The summed E-state index contributed by atoms with van der Waals surface area (Å²) >= 11 is 0. The van der Waals surface area contributed by atoms with Crippen molar-refractivity contribution in [1.82, 2.24) is 15.5 Å². The van der Waals surface area contributed by atoms with Crippen molar-refractivity contribution in [2.45, 2.75) is 18.9 Å². The minimum absolute atomic E-state index is 0.334. The molecular formula is C22H25N3O5. The summed E-state index contributed by atoms with van der Waals surface area (Å²) in [7, 11) is 3.13. The van der Waals surface area contributed by atoms with E-state index in [-0.39, 0.29) is 6.54 Å². The van der Waals surface area contributed by atoms with Crippen LogP contribution in [0.1, 0.15) is 18.1 Å². The van der Waals surface area contributed by atoms with Gasteiger partial charge in [-0.3, -0.25) is 14.5 Å². The van der Waals surface area contributed by atoms with Gasteiger partial charge in [-0.05, 0) is 36.6 Å². The number of hydrogen-bond acceptors (Lipinski definition) is 5. The lowest BCUT2D eigenvalue weighted by atomic mass is 9.92. The summed E-state index contributed by atoms with van der Waals surface area (Å²) < 4.78 is 10.5. The van der Waals surface area contributed by atoms with E-state index in [4.69, 9.17) is 9.47 Å². The highest BCUT2D eigenvalue weighted by Crippen LogP contribution is 2.29. The SMILES string of the molecule is COc1ccc(CCNC(=O)CN2C(=O)N[C@@](C)(c3ccccc3)C2=O)cc1OC. The van der Waals surface area contributed by atoms with Crippen molar-refractivity contribution < 1.29 is 23.9 Å². The number of urea groups is 1. The molecule has 0 aromatic heterocycles. The summed E-state index contributed by atoms with van der Waals surface area (Å²) in [5.74, 6) is 0.385. The monoisotopic (exact) mass is 411 g/mol. The Balaban J connectivity index is 1.56. The normalized spacial score (nSPS) is 18.2. The van der Waals surface area contributed by atoms with Gasteiger partial charge in [-0.15, -0.1) is 0 Å². The van der Waals surface area contributed by atoms with Crippen LogP contribution < -0.4 is 20.1 Å². The Labute approximate surface area is 175 Å². The molecule has 0 aliphatic carbocycles. The van der Waals surface area contributed by atoms with Crippen LogP contribution >= 0.6 is 0 Å². The van der Waals surface area contributed by atoms with Crippen molar-refractivity contribution in [2.75, 3.05) is 27.3 Å². The fraction of sp³-hybridized carbons (Fsp3) is 0.318. The average molecular weight is 411 g/mol. The van der Waals surface area contributed by atoms with Crippen LogP contribution in [-0.2, 0) is 21.5 Å². The first-order chi connectivity index (χ1) is 14.4. The molecule has 158 valence electrons. The molecule has 0 spiro atoms. The third-order valence-electron chi connectivity index (χ3n) is 5.11. The van der Waals surface area contributed by atoms with Gasteiger partial charge in [0, 0.05) is 6.54 Å². The average Bonchev–Trinajstić information content (AvgIpc) is 2.98. The van der Waals surface area contributed by atoms with Gasteiger partial charge in [-0.25, -0.2) is 4.79 Å². The fourth-order valence-corrected chi connectivity index (χ4v) is 3.39. The third-order valence-corrected chi connectivity index (χ3v) is 5.11. The predicted molar refractivity (Wildman–Crippen MR) is 110 cm³/mol. The maximum Gasteiger partial charge on any atom is 0.325 e. The second-order valence-corrected chi connectivity index (χ2v) is 7.10.